The molecule has 162 valence electrons. The van der Waals surface area contributed by atoms with Gasteiger partial charge in [0.05, 0.1) is 29.5 Å². The Morgan fingerprint density at radius 2 is 1.72 bits per heavy atom. The fourth-order valence-corrected chi connectivity index (χ4v) is 4.18. The standard InChI is InChI=1S/C25H23N3O3S/c1-31-20-13-11-19(12-14-20)28-24(30)21-9-5-6-10-22(21)27-25(28)32-17-23(29)26-16-15-18-7-3-2-4-8-18/h2-14H,15-17H2,1H3,(H,26,29). The van der Waals surface area contributed by atoms with Crippen LogP contribution in [-0.2, 0) is 11.2 Å². The van der Waals surface area contributed by atoms with E-state index in [4.69, 9.17) is 4.74 Å². The average molecular weight is 446 g/mol. The van der Waals surface area contributed by atoms with E-state index in [1.165, 1.54) is 17.3 Å². The largest absolute Gasteiger partial charge is 0.497 e. The Hall–Kier alpha value is -3.58. The SMILES string of the molecule is COc1ccc(-n2c(SCC(=O)NCCc3ccccc3)nc3ccccc3c2=O)cc1. The molecule has 1 N–H and O–H groups in total. The molecule has 1 heterocycles. The maximum absolute atomic E-state index is 13.3. The van der Waals surface area contributed by atoms with Gasteiger partial charge in [0.1, 0.15) is 5.75 Å². The number of nitrogens with one attached hydrogen (secondary N) is 1. The zero-order valence-electron chi connectivity index (χ0n) is 17.7. The third-order valence-corrected chi connectivity index (χ3v) is 5.93. The Bertz CT molecular complexity index is 1270. The first-order valence-electron chi connectivity index (χ1n) is 10.3. The van der Waals surface area contributed by atoms with Gasteiger partial charge in [-0.05, 0) is 48.4 Å². The molecular weight excluding hydrogens is 422 g/mol. The highest BCUT2D eigenvalue weighted by Gasteiger charge is 2.15. The van der Waals surface area contributed by atoms with Crippen molar-refractivity contribution in [3.8, 4) is 11.4 Å². The number of amides is 1. The molecule has 0 aliphatic heterocycles. The number of nitrogens with zero attached hydrogens (tertiary/aromatic N) is 2. The maximum atomic E-state index is 13.3. The van der Waals surface area contributed by atoms with Gasteiger partial charge in [0.25, 0.3) is 5.56 Å². The van der Waals surface area contributed by atoms with Gasteiger partial charge in [-0.3, -0.25) is 14.2 Å². The second kappa shape index (κ2) is 10.2. The van der Waals surface area contributed by atoms with Crippen molar-refractivity contribution >= 4 is 28.6 Å². The van der Waals surface area contributed by atoms with Gasteiger partial charge in [-0.15, -0.1) is 0 Å². The molecule has 1 aromatic heterocycles. The molecule has 0 radical (unpaired) electrons. The number of fused-ring (bicyclic) bond motifs is 1. The lowest BCUT2D eigenvalue weighted by Gasteiger charge is -2.13. The fourth-order valence-electron chi connectivity index (χ4n) is 3.34. The molecule has 4 rings (SSSR count). The Kier molecular flexibility index (Phi) is 6.87. The Balaban J connectivity index is 1.54. The summed E-state index contributed by atoms with van der Waals surface area (Å²) >= 11 is 1.24. The van der Waals surface area contributed by atoms with Gasteiger partial charge < -0.3 is 10.1 Å². The molecule has 1 amide bonds. The van der Waals surface area contributed by atoms with Gasteiger partial charge in [-0.1, -0.05) is 54.2 Å². The number of para-hydroxylation sites is 1. The number of carbonyl (C=O) groups excluding carboxylic acids is 1. The number of hydrogen-bond acceptors (Lipinski definition) is 5. The topological polar surface area (TPSA) is 73.2 Å². The molecule has 0 saturated carbocycles. The van der Waals surface area contributed by atoms with Gasteiger partial charge in [0, 0.05) is 6.54 Å². The molecule has 4 aromatic rings. The summed E-state index contributed by atoms with van der Waals surface area (Å²) in [6.07, 6.45) is 0.766. The molecule has 0 bridgehead atoms. The molecule has 0 saturated heterocycles. The van der Waals surface area contributed by atoms with Crippen molar-refractivity contribution < 1.29 is 9.53 Å². The lowest BCUT2D eigenvalue weighted by molar-refractivity contribution is -0.118. The summed E-state index contributed by atoms with van der Waals surface area (Å²) < 4.78 is 6.77. The number of thioether (sulfide) groups is 1. The minimum atomic E-state index is -0.173. The van der Waals surface area contributed by atoms with Crippen molar-refractivity contribution in [1.82, 2.24) is 14.9 Å². The fraction of sp³-hybridized carbons (Fsp3) is 0.160. The highest BCUT2D eigenvalue weighted by atomic mass is 32.2. The van der Waals surface area contributed by atoms with E-state index in [1.807, 2.05) is 42.5 Å². The van der Waals surface area contributed by atoms with E-state index in [2.05, 4.69) is 10.3 Å². The van der Waals surface area contributed by atoms with E-state index in [0.29, 0.717) is 34.0 Å². The molecule has 0 atom stereocenters. The van der Waals surface area contributed by atoms with Crippen LogP contribution in [0.5, 0.6) is 5.75 Å². The molecule has 0 aliphatic carbocycles. The van der Waals surface area contributed by atoms with Gasteiger partial charge in [-0.2, -0.15) is 0 Å². The summed E-state index contributed by atoms with van der Waals surface area (Å²) in [4.78, 5) is 30.3. The number of hydrogen-bond donors (Lipinski definition) is 1. The first-order valence-corrected chi connectivity index (χ1v) is 11.2. The zero-order valence-corrected chi connectivity index (χ0v) is 18.5. The van der Waals surface area contributed by atoms with Gasteiger partial charge in [0.15, 0.2) is 5.16 Å². The van der Waals surface area contributed by atoms with E-state index >= 15 is 0 Å². The van der Waals surface area contributed by atoms with E-state index in [-0.39, 0.29) is 17.2 Å². The van der Waals surface area contributed by atoms with Gasteiger partial charge >= 0.3 is 0 Å². The second-order valence-corrected chi connectivity index (χ2v) is 8.07. The molecule has 0 aliphatic rings. The lowest BCUT2D eigenvalue weighted by atomic mass is 10.1. The van der Waals surface area contributed by atoms with Crippen molar-refractivity contribution in [2.45, 2.75) is 11.6 Å². The van der Waals surface area contributed by atoms with Crippen molar-refractivity contribution in [2.75, 3.05) is 19.4 Å². The van der Waals surface area contributed by atoms with Crippen LogP contribution in [0.25, 0.3) is 16.6 Å². The van der Waals surface area contributed by atoms with Crippen LogP contribution >= 0.6 is 11.8 Å². The number of aromatic nitrogens is 2. The number of ether oxygens (including phenoxy) is 1. The Labute approximate surface area is 190 Å². The molecule has 6 nitrogen and oxygen atoms in total. The van der Waals surface area contributed by atoms with Crippen LogP contribution in [0.1, 0.15) is 5.56 Å². The minimum absolute atomic E-state index is 0.102. The van der Waals surface area contributed by atoms with Crippen LogP contribution in [0, 0.1) is 0 Å². The van der Waals surface area contributed by atoms with Crippen molar-refractivity contribution in [1.29, 1.82) is 0 Å². The molecule has 0 fully saturated rings. The van der Waals surface area contributed by atoms with E-state index in [1.54, 1.807) is 48.1 Å². The van der Waals surface area contributed by atoms with Gasteiger partial charge in [-0.25, -0.2) is 4.98 Å². The number of benzene rings is 3. The predicted molar refractivity (Wildman–Crippen MR) is 128 cm³/mol. The first kappa shape index (κ1) is 21.6. The third-order valence-electron chi connectivity index (χ3n) is 4.99. The van der Waals surface area contributed by atoms with Crippen LogP contribution in [0.2, 0.25) is 0 Å². The quantitative estimate of drug-likeness (QED) is 0.330. The van der Waals surface area contributed by atoms with E-state index in [0.717, 1.165) is 6.42 Å². The van der Waals surface area contributed by atoms with E-state index < -0.39 is 0 Å². The van der Waals surface area contributed by atoms with Crippen LogP contribution in [0.3, 0.4) is 0 Å². The molecule has 7 heteroatoms. The average Bonchev–Trinajstić information content (AvgIpc) is 2.84. The molecule has 3 aromatic carbocycles. The molecule has 32 heavy (non-hydrogen) atoms. The van der Waals surface area contributed by atoms with Crippen molar-refractivity contribution in [3.05, 3.63) is 94.8 Å². The molecule has 0 spiro atoms. The smallest absolute Gasteiger partial charge is 0.266 e. The van der Waals surface area contributed by atoms with Crippen LogP contribution in [-0.4, -0.2) is 34.9 Å². The van der Waals surface area contributed by atoms with Crippen LogP contribution < -0.4 is 15.6 Å². The summed E-state index contributed by atoms with van der Waals surface area (Å²) in [6, 6.07) is 24.4. The summed E-state index contributed by atoms with van der Waals surface area (Å²) in [7, 11) is 1.59. The predicted octanol–water partition coefficient (Wildman–Crippen LogP) is 3.85. The monoisotopic (exact) mass is 445 g/mol. The Morgan fingerprint density at radius 1 is 1.00 bits per heavy atom. The number of rotatable bonds is 8. The first-order chi connectivity index (χ1) is 15.7. The normalized spacial score (nSPS) is 10.8. The highest BCUT2D eigenvalue weighted by molar-refractivity contribution is 7.99. The van der Waals surface area contributed by atoms with E-state index in [9.17, 15) is 9.59 Å². The summed E-state index contributed by atoms with van der Waals surface area (Å²) in [5.74, 6) is 0.757. The van der Waals surface area contributed by atoms with Crippen molar-refractivity contribution in [3.63, 3.8) is 0 Å². The van der Waals surface area contributed by atoms with Gasteiger partial charge in [0.2, 0.25) is 5.91 Å². The van der Waals surface area contributed by atoms with Crippen molar-refractivity contribution in [2.24, 2.45) is 0 Å². The minimum Gasteiger partial charge on any atom is -0.497 e. The van der Waals surface area contributed by atoms with Crippen LogP contribution in [0.4, 0.5) is 0 Å². The summed E-state index contributed by atoms with van der Waals surface area (Å²) in [5.41, 5.74) is 2.27. The number of methoxy groups -OCH3 is 1. The lowest BCUT2D eigenvalue weighted by Crippen LogP contribution is -2.28. The second-order valence-electron chi connectivity index (χ2n) is 7.12. The Morgan fingerprint density at radius 3 is 2.47 bits per heavy atom. The molecular formula is C25H23N3O3S. The molecule has 0 unspecified atom stereocenters. The maximum Gasteiger partial charge on any atom is 0.266 e. The van der Waals surface area contributed by atoms with Crippen LogP contribution in [0.15, 0.2) is 88.8 Å². The number of carbonyl (C=O) groups is 1. The summed E-state index contributed by atoms with van der Waals surface area (Å²) in [6.45, 7) is 0.555. The summed E-state index contributed by atoms with van der Waals surface area (Å²) in [5, 5.41) is 3.93. The zero-order chi connectivity index (χ0) is 22.3. The highest BCUT2D eigenvalue weighted by Crippen LogP contribution is 2.22. The third kappa shape index (κ3) is 5.00.